The van der Waals surface area contributed by atoms with Gasteiger partial charge >= 0.3 is 6.16 Å². The molecular weight excluding hydrogens is 564 g/mol. The summed E-state index contributed by atoms with van der Waals surface area (Å²) in [5.74, 6) is -0.159. The molecule has 6 nitrogen and oxygen atoms in total. The highest BCUT2D eigenvalue weighted by molar-refractivity contribution is 9.09. The van der Waals surface area contributed by atoms with Gasteiger partial charge in [0.15, 0.2) is 14.1 Å². The summed E-state index contributed by atoms with van der Waals surface area (Å²) in [6, 6.07) is 0. The van der Waals surface area contributed by atoms with Crippen LogP contribution in [0.3, 0.4) is 0 Å². The molecule has 220 valence electrons. The number of alkyl halides is 1. The summed E-state index contributed by atoms with van der Waals surface area (Å²) < 4.78 is 29.9. The van der Waals surface area contributed by atoms with E-state index >= 15 is 0 Å². The number of halogens is 1. The summed E-state index contributed by atoms with van der Waals surface area (Å²) in [6.45, 7) is 28.6. The van der Waals surface area contributed by atoms with Crippen LogP contribution in [0.1, 0.15) is 68.7 Å². The third-order valence-corrected chi connectivity index (χ3v) is 13.0. The first-order chi connectivity index (χ1) is 17.4. The fourth-order valence-electron chi connectivity index (χ4n) is 4.46. The molecule has 0 bridgehead atoms. The third kappa shape index (κ3) is 11.3. The highest BCUT2D eigenvalue weighted by atomic mass is 79.9. The van der Waals surface area contributed by atoms with E-state index in [9.17, 15) is 4.79 Å². The van der Waals surface area contributed by atoms with E-state index in [0.29, 0.717) is 6.61 Å². The molecule has 0 saturated carbocycles. The number of carbonyl (C=O) groups excluding carboxylic acids is 1. The van der Waals surface area contributed by atoms with Crippen molar-refractivity contribution in [1.29, 1.82) is 0 Å². The standard InChI is InChI=1S/C30H53BrO6Si/c1-13-15-33-28(32)34-16-14-21(2)17-23(4)26(37-38(11,12)29(6,7)8)24(5)27-25(18-22(3)19-31)20-35-30(9,10)36-27/h13-14,18,23-27H,1,15-17,19-20H2,2-12H3/b21-14+,22-18-/t23-,24-,25-,26+,27+/m0/s1. The molecule has 0 N–H and O–H groups in total. The first-order valence-electron chi connectivity index (χ1n) is 13.7. The third-order valence-electron chi connectivity index (χ3n) is 7.60. The zero-order chi connectivity index (χ0) is 29.3. The van der Waals surface area contributed by atoms with Crippen LogP contribution in [0.15, 0.2) is 36.0 Å². The predicted octanol–water partition coefficient (Wildman–Crippen LogP) is 8.43. The number of allylic oxidation sites excluding steroid dienone is 2. The lowest BCUT2D eigenvalue weighted by Gasteiger charge is -2.48. The van der Waals surface area contributed by atoms with Gasteiger partial charge in [0, 0.05) is 17.2 Å². The molecule has 0 aromatic heterocycles. The van der Waals surface area contributed by atoms with Gasteiger partial charge in [0.2, 0.25) is 0 Å². The normalized spacial score (nSPS) is 23.4. The monoisotopic (exact) mass is 616 g/mol. The van der Waals surface area contributed by atoms with Crippen molar-refractivity contribution >= 4 is 30.4 Å². The maximum atomic E-state index is 11.6. The second-order valence-corrected chi connectivity index (χ2v) is 18.0. The van der Waals surface area contributed by atoms with Crippen molar-refractivity contribution in [3.63, 3.8) is 0 Å². The molecule has 1 heterocycles. The van der Waals surface area contributed by atoms with Gasteiger partial charge in [-0.15, -0.1) is 0 Å². The minimum atomic E-state index is -2.08. The van der Waals surface area contributed by atoms with Gasteiger partial charge in [0.25, 0.3) is 0 Å². The summed E-state index contributed by atoms with van der Waals surface area (Å²) in [5.41, 5.74) is 2.41. The fraction of sp³-hybridized carbons (Fsp3) is 0.767. The second-order valence-electron chi connectivity index (χ2n) is 12.7. The van der Waals surface area contributed by atoms with Crippen LogP contribution in [0.2, 0.25) is 18.1 Å². The SMILES string of the molecule is C=CCOC(=O)OC/C=C(\C)C[C@H](C)[C@@H](O[Si](C)(C)C(C)(C)C)[C@H](C)[C@H]1OC(C)(C)OC[C@@H]1/C=C(/C)CBr. The molecule has 0 aromatic carbocycles. The summed E-state index contributed by atoms with van der Waals surface area (Å²) in [7, 11) is -2.08. The van der Waals surface area contributed by atoms with Crippen molar-refractivity contribution in [2.75, 3.05) is 25.2 Å². The van der Waals surface area contributed by atoms with E-state index in [-0.39, 0.29) is 48.2 Å². The number of ether oxygens (including phenoxy) is 4. The molecule has 1 aliphatic heterocycles. The van der Waals surface area contributed by atoms with Crippen molar-refractivity contribution in [3.8, 4) is 0 Å². The van der Waals surface area contributed by atoms with Gasteiger partial charge in [0.1, 0.15) is 13.2 Å². The largest absolute Gasteiger partial charge is 0.508 e. The summed E-state index contributed by atoms with van der Waals surface area (Å²) in [5, 5.41) is 0.901. The molecule has 1 saturated heterocycles. The molecule has 1 aliphatic rings. The Morgan fingerprint density at radius 2 is 1.76 bits per heavy atom. The van der Waals surface area contributed by atoms with Crippen LogP contribution in [-0.2, 0) is 23.4 Å². The van der Waals surface area contributed by atoms with Gasteiger partial charge in [-0.3, -0.25) is 0 Å². The Balaban J connectivity index is 3.22. The van der Waals surface area contributed by atoms with E-state index in [2.05, 4.69) is 90.1 Å². The van der Waals surface area contributed by atoms with Crippen LogP contribution in [-0.4, -0.2) is 57.6 Å². The van der Waals surface area contributed by atoms with Gasteiger partial charge in [-0.25, -0.2) is 4.79 Å². The highest BCUT2D eigenvalue weighted by Gasteiger charge is 2.46. The molecule has 0 aliphatic carbocycles. The zero-order valence-electron chi connectivity index (χ0n) is 25.7. The highest BCUT2D eigenvalue weighted by Crippen LogP contribution is 2.42. The van der Waals surface area contributed by atoms with Crippen LogP contribution in [0.25, 0.3) is 0 Å². The van der Waals surface area contributed by atoms with E-state index in [1.54, 1.807) is 0 Å². The topological polar surface area (TPSA) is 63.2 Å². The van der Waals surface area contributed by atoms with E-state index in [1.807, 2.05) is 19.9 Å². The zero-order valence-corrected chi connectivity index (χ0v) is 28.3. The molecule has 38 heavy (non-hydrogen) atoms. The Bertz CT molecular complexity index is 829. The van der Waals surface area contributed by atoms with Gasteiger partial charge in [0.05, 0.1) is 18.8 Å². The molecule has 8 heteroatoms. The maximum absolute atomic E-state index is 11.6. The van der Waals surface area contributed by atoms with Crippen molar-refractivity contribution in [2.24, 2.45) is 17.8 Å². The Labute approximate surface area is 241 Å². The lowest BCUT2D eigenvalue weighted by Crippen LogP contribution is -2.54. The van der Waals surface area contributed by atoms with Gasteiger partial charge in [-0.1, -0.05) is 80.4 Å². The van der Waals surface area contributed by atoms with Crippen LogP contribution in [0.5, 0.6) is 0 Å². The maximum Gasteiger partial charge on any atom is 0.508 e. The van der Waals surface area contributed by atoms with Gasteiger partial charge < -0.3 is 23.4 Å². The molecule has 0 radical (unpaired) electrons. The average molecular weight is 618 g/mol. The Kier molecular flexibility index (Phi) is 14.0. The molecule has 1 fully saturated rings. The minimum Gasteiger partial charge on any atom is -0.430 e. The average Bonchev–Trinajstić information content (AvgIpc) is 2.80. The van der Waals surface area contributed by atoms with Crippen molar-refractivity contribution in [2.45, 2.75) is 105 Å². The second kappa shape index (κ2) is 15.2. The van der Waals surface area contributed by atoms with E-state index in [0.717, 1.165) is 17.3 Å². The van der Waals surface area contributed by atoms with Gasteiger partial charge in [-0.2, -0.15) is 0 Å². The molecule has 0 aromatic rings. The van der Waals surface area contributed by atoms with Crippen LogP contribution in [0.4, 0.5) is 4.79 Å². The summed E-state index contributed by atoms with van der Waals surface area (Å²) >= 11 is 3.58. The Morgan fingerprint density at radius 1 is 1.16 bits per heavy atom. The molecule has 0 unspecified atom stereocenters. The van der Waals surface area contributed by atoms with Crippen LogP contribution >= 0.6 is 15.9 Å². The minimum absolute atomic E-state index is 0.0169. The van der Waals surface area contributed by atoms with Crippen molar-refractivity contribution in [3.05, 3.63) is 36.0 Å². The first kappa shape index (κ1) is 35.1. The van der Waals surface area contributed by atoms with Crippen molar-refractivity contribution in [1.82, 2.24) is 0 Å². The number of hydrogen-bond acceptors (Lipinski definition) is 6. The number of carbonyl (C=O) groups is 1. The lowest BCUT2D eigenvalue weighted by molar-refractivity contribution is -0.300. The first-order valence-corrected chi connectivity index (χ1v) is 17.8. The lowest BCUT2D eigenvalue weighted by atomic mass is 9.80. The summed E-state index contributed by atoms with van der Waals surface area (Å²) in [6.07, 6.45) is 5.81. The molecule has 1 rings (SSSR count). The van der Waals surface area contributed by atoms with E-state index in [1.165, 1.54) is 11.6 Å². The van der Waals surface area contributed by atoms with E-state index in [4.69, 9.17) is 23.4 Å². The van der Waals surface area contributed by atoms with E-state index < -0.39 is 20.3 Å². The van der Waals surface area contributed by atoms with Crippen LogP contribution in [0, 0.1) is 17.8 Å². The van der Waals surface area contributed by atoms with Crippen LogP contribution < -0.4 is 0 Å². The predicted molar refractivity (Wildman–Crippen MR) is 162 cm³/mol. The fourth-order valence-corrected chi connectivity index (χ4v) is 6.13. The van der Waals surface area contributed by atoms with Gasteiger partial charge in [-0.05, 0) is 64.2 Å². The smallest absolute Gasteiger partial charge is 0.430 e. The molecule has 0 amide bonds. The molecule has 0 spiro atoms. The Morgan fingerprint density at radius 3 is 2.32 bits per heavy atom. The quantitative estimate of drug-likeness (QED) is 0.0895. The molecule has 5 atom stereocenters. The summed E-state index contributed by atoms with van der Waals surface area (Å²) in [4.78, 5) is 11.6. The Hall–Kier alpha value is -0.933. The molecular formula is C30H53BrO6Si. The van der Waals surface area contributed by atoms with Crippen molar-refractivity contribution < 1.29 is 28.2 Å². The number of rotatable bonds is 13. The number of hydrogen-bond donors (Lipinski definition) is 0.